The van der Waals surface area contributed by atoms with E-state index >= 15 is 0 Å². The maximum Gasteiger partial charge on any atom is 0.431 e. The minimum absolute atomic E-state index is 0.0313. The summed E-state index contributed by atoms with van der Waals surface area (Å²) in [6.45, 7) is -0.309. The second-order valence-corrected chi connectivity index (χ2v) is 5.45. The first kappa shape index (κ1) is 21.3. The van der Waals surface area contributed by atoms with Crippen molar-refractivity contribution in [3.63, 3.8) is 0 Å². The normalized spacial score (nSPS) is 19.3. The highest BCUT2D eigenvalue weighted by molar-refractivity contribution is 5.90. The van der Waals surface area contributed by atoms with Gasteiger partial charge in [0.1, 0.15) is 11.7 Å². The molecule has 0 saturated carbocycles. The van der Waals surface area contributed by atoms with Crippen molar-refractivity contribution in [1.29, 1.82) is 0 Å². The fourth-order valence-corrected chi connectivity index (χ4v) is 2.36. The van der Waals surface area contributed by atoms with Crippen LogP contribution >= 0.6 is 0 Å². The lowest BCUT2D eigenvalue weighted by Crippen LogP contribution is -2.54. The minimum atomic E-state index is -5.94. The van der Waals surface area contributed by atoms with Crippen LogP contribution in [0.1, 0.15) is 23.2 Å². The molecular weight excluding hydrogens is 406 g/mol. The van der Waals surface area contributed by atoms with E-state index in [1.54, 1.807) is 0 Å². The van der Waals surface area contributed by atoms with Crippen LogP contribution < -0.4 is 0 Å². The second-order valence-electron chi connectivity index (χ2n) is 5.45. The Labute approximate surface area is 143 Å². The van der Waals surface area contributed by atoms with Crippen molar-refractivity contribution < 1.29 is 58.2 Å². The molecule has 152 valence electrons. The molecule has 0 aliphatic carbocycles. The highest BCUT2D eigenvalue weighted by Crippen LogP contribution is 2.41. The van der Waals surface area contributed by atoms with Gasteiger partial charge in [0.05, 0.1) is 0 Å². The fourth-order valence-electron chi connectivity index (χ4n) is 2.36. The molecule has 0 radical (unpaired) electrons. The first-order valence-electron chi connectivity index (χ1n) is 7.08. The molecule has 0 bridgehead atoms. The standard InChI is InChI=1S/C14H8F10O3/c15-6-5(7(16)9(18)10(19)8(6)17)11(25)27-12(14(22,23)24)13(20,21)4-2-1-3-26-4/h4,12H,1-3H2. The van der Waals surface area contributed by atoms with Gasteiger partial charge in [0.15, 0.2) is 23.3 Å². The Balaban J connectivity index is 2.44. The quantitative estimate of drug-likeness (QED) is 0.319. The van der Waals surface area contributed by atoms with Crippen LogP contribution in [0, 0.1) is 29.1 Å². The topological polar surface area (TPSA) is 35.5 Å². The van der Waals surface area contributed by atoms with E-state index in [0.29, 0.717) is 0 Å². The van der Waals surface area contributed by atoms with E-state index in [2.05, 4.69) is 9.47 Å². The number of hydrogen-bond donors (Lipinski definition) is 0. The number of ether oxygens (including phenoxy) is 2. The monoisotopic (exact) mass is 414 g/mol. The van der Waals surface area contributed by atoms with E-state index in [4.69, 9.17) is 0 Å². The van der Waals surface area contributed by atoms with Gasteiger partial charge in [0, 0.05) is 6.61 Å². The van der Waals surface area contributed by atoms with Gasteiger partial charge in [-0.15, -0.1) is 0 Å². The second kappa shape index (κ2) is 7.17. The van der Waals surface area contributed by atoms with E-state index in [-0.39, 0.29) is 13.0 Å². The van der Waals surface area contributed by atoms with Gasteiger partial charge in [-0.3, -0.25) is 0 Å². The average Bonchev–Trinajstić information content (AvgIpc) is 3.10. The maximum absolute atomic E-state index is 14.1. The Kier molecular flexibility index (Phi) is 5.64. The van der Waals surface area contributed by atoms with Crippen molar-refractivity contribution in [3.05, 3.63) is 34.6 Å². The van der Waals surface area contributed by atoms with Gasteiger partial charge in [-0.25, -0.2) is 26.7 Å². The van der Waals surface area contributed by atoms with Crippen LogP contribution in [0.25, 0.3) is 0 Å². The predicted octanol–water partition coefficient (Wildman–Crippen LogP) is 4.28. The van der Waals surface area contributed by atoms with Crippen molar-refractivity contribution >= 4 is 5.97 Å². The number of esters is 1. The van der Waals surface area contributed by atoms with E-state index in [1.807, 2.05) is 0 Å². The lowest BCUT2D eigenvalue weighted by atomic mass is 10.0. The Bertz CT molecular complexity index is 711. The van der Waals surface area contributed by atoms with Crippen molar-refractivity contribution in [2.45, 2.75) is 37.1 Å². The fraction of sp³-hybridized carbons (Fsp3) is 0.500. The summed E-state index contributed by atoms with van der Waals surface area (Å²) in [6, 6.07) is 0. The molecular formula is C14H8F10O3. The Morgan fingerprint density at radius 1 is 0.926 bits per heavy atom. The number of halogens is 10. The molecule has 0 amide bonds. The molecule has 1 saturated heterocycles. The predicted molar refractivity (Wildman–Crippen MR) is 65.4 cm³/mol. The molecule has 27 heavy (non-hydrogen) atoms. The van der Waals surface area contributed by atoms with Gasteiger partial charge in [-0.2, -0.15) is 22.0 Å². The zero-order valence-electron chi connectivity index (χ0n) is 12.8. The Morgan fingerprint density at radius 3 is 1.81 bits per heavy atom. The van der Waals surface area contributed by atoms with Gasteiger partial charge in [0.2, 0.25) is 5.82 Å². The van der Waals surface area contributed by atoms with Crippen LogP contribution in [-0.2, 0) is 9.47 Å². The van der Waals surface area contributed by atoms with Gasteiger partial charge >= 0.3 is 18.1 Å². The SMILES string of the molecule is O=C(OC(C(F)(F)F)C(F)(F)C1CCCO1)c1c(F)c(F)c(F)c(F)c1F. The van der Waals surface area contributed by atoms with Crippen LogP contribution in [0.15, 0.2) is 0 Å². The minimum Gasteiger partial charge on any atom is -0.442 e. The van der Waals surface area contributed by atoms with E-state index in [9.17, 15) is 48.7 Å². The van der Waals surface area contributed by atoms with Crippen LogP contribution in [0.2, 0.25) is 0 Å². The largest absolute Gasteiger partial charge is 0.442 e. The van der Waals surface area contributed by atoms with E-state index < -0.39 is 71.3 Å². The summed E-state index contributed by atoms with van der Waals surface area (Å²) in [4.78, 5) is 11.6. The molecule has 1 fully saturated rings. The van der Waals surface area contributed by atoms with E-state index in [1.165, 1.54) is 0 Å². The van der Waals surface area contributed by atoms with Crippen molar-refractivity contribution in [2.24, 2.45) is 0 Å². The number of rotatable bonds is 4. The highest BCUT2D eigenvalue weighted by atomic mass is 19.4. The third-order valence-electron chi connectivity index (χ3n) is 3.64. The summed E-state index contributed by atoms with van der Waals surface area (Å²) in [5.41, 5.74) is -2.43. The number of benzene rings is 1. The summed E-state index contributed by atoms with van der Waals surface area (Å²) in [6.07, 6.45) is -13.1. The number of alkyl halides is 5. The van der Waals surface area contributed by atoms with Crippen LogP contribution in [0.3, 0.4) is 0 Å². The van der Waals surface area contributed by atoms with Crippen molar-refractivity contribution in [2.75, 3.05) is 6.61 Å². The molecule has 0 N–H and O–H groups in total. The number of hydrogen-bond acceptors (Lipinski definition) is 3. The van der Waals surface area contributed by atoms with Gasteiger partial charge in [-0.1, -0.05) is 0 Å². The number of carbonyl (C=O) groups is 1. The molecule has 1 aliphatic rings. The number of carbonyl (C=O) groups excluding carboxylic acids is 1. The zero-order chi connectivity index (χ0) is 20.7. The zero-order valence-corrected chi connectivity index (χ0v) is 12.8. The van der Waals surface area contributed by atoms with E-state index in [0.717, 1.165) is 0 Å². The van der Waals surface area contributed by atoms with Crippen LogP contribution in [0.5, 0.6) is 0 Å². The summed E-state index contributed by atoms with van der Waals surface area (Å²) in [5.74, 6) is -21.3. The Hall–Kier alpha value is -2.05. The Morgan fingerprint density at radius 2 is 1.41 bits per heavy atom. The molecule has 0 aromatic heterocycles. The lowest BCUT2D eigenvalue weighted by Gasteiger charge is -2.31. The molecule has 1 aliphatic heterocycles. The first-order valence-corrected chi connectivity index (χ1v) is 7.08. The van der Waals surface area contributed by atoms with Gasteiger partial charge in [0.25, 0.3) is 6.10 Å². The highest BCUT2D eigenvalue weighted by Gasteiger charge is 2.63. The lowest BCUT2D eigenvalue weighted by molar-refractivity contribution is -0.289. The third-order valence-corrected chi connectivity index (χ3v) is 3.64. The molecule has 13 heteroatoms. The summed E-state index contributed by atoms with van der Waals surface area (Å²) < 4.78 is 141. The van der Waals surface area contributed by atoms with Crippen molar-refractivity contribution in [1.82, 2.24) is 0 Å². The van der Waals surface area contributed by atoms with Crippen molar-refractivity contribution in [3.8, 4) is 0 Å². The van der Waals surface area contributed by atoms with Crippen LogP contribution in [0.4, 0.5) is 43.9 Å². The van der Waals surface area contributed by atoms with Gasteiger partial charge in [-0.05, 0) is 12.8 Å². The molecule has 2 rings (SSSR count). The van der Waals surface area contributed by atoms with Gasteiger partial charge < -0.3 is 9.47 Å². The molecule has 2 unspecified atom stereocenters. The molecule has 1 aromatic carbocycles. The molecule has 2 atom stereocenters. The summed E-state index contributed by atoms with van der Waals surface area (Å²) in [5, 5.41) is 0. The maximum atomic E-state index is 14.1. The first-order chi connectivity index (χ1) is 12.3. The molecule has 3 nitrogen and oxygen atoms in total. The summed E-state index contributed by atoms with van der Waals surface area (Å²) >= 11 is 0. The smallest absolute Gasteiger partial charge is 0.431 e. The average molecular weight is 414 g/mol. The van der Waals surface area contributed by atoms with Crippen LogP contribution in [-0.4, -0.2) is 36.9 Å². The third kappa shape index (κ3) is 3.82. The molecule has 0 spiro atoms. The molecule has 1 aromatic rings. The molecule has 1 heterocycles. The summed E-state index contributed by atoms with van der Waals surface area (Å²) in [7, 11) is 0.